The van der Waals surface area contributed by atoms with E-state index in [0.29, 0.717) is 13.2 Å². The van der Waals surface area contributed by atoms with Crippen LogP contribution in [0.2, 0.25) is 0 Å². The molecule has 1 atom stereocenters. The molecule has 0 bridgehead atoms. The molecule has 2 N–H and O–H groups in total. The molecule has 0 amide bonds. The summed E-state index contributed by atoms with van der Waals surface area (Å²) in [5.74, 6) is 2.34. The minimum atomic E-state index is -0.476. The molecular weight excluding hydrogens is 266 g/mol. The van der Waals surface area contributed by atoms with Crippen molar-refractivity contribution in [1.29, 1.82) is 0 Å². The summed E-state index contributed by atoms with van der Waals surface area (Å²) in [7, 11) is 1.64. The second-order valence-corrected chi connectivity index (χ2v) is 5.80. The van der Waals surface area contributed by atoms with Crippen molar-refractivity contribution in [2.75, 3.05) is 26.8 Å². The molecule has 2 rings (SSSR count). The van der Waals surface area contributed by atoms with Gasteiger partial charge >= 0.3 is 0 Å². The molecule has 1 aromatic carbocycles. The van der Waals surface area contributed by atoms with Crippen molar-refractivity contribution >= 4 is 0 Å². The Kier molecular flexibility index (Phi) is 6.83. The van der Waals surface area contributed by atoms with E-state index in [0.717, 1.165) is 24.0 Å². The van der Waals surface area contributed by atoms with Gasteiger partial charge in [-0.15, -0.1) is 0 Å². The van der Waals surface area contributed by atoms with Crippen molar-refractivity contribution < 1.29 is 14.6 Å². The molecule has 1 unspecified atom stereocenters. The lowest BCUT2D eigenvalue weighted by Gasteiger charge is -2.22. The van der Waals surface area contributed by atoms with E-state index in [-0.39, 0.29) is 0 Å². The summed E-state index contributed by atoms with van der Waals surface area (Å²) in [4.78, 5) is 0. The van der Waals surface area contributed by atoms with Gasteiger partial charge in [0.05, 0.1) is 7.11 Å². The Morgan fingerprint density at radius 2 is 1.81 bits per heavy atom. The zero-order valence-electron chi connectivity index (χ0n) is 12.9. The lowest BCUT2D eigenvalue weighted by molar-refractivity contribution is 0.105. The molecule has 0 radical (unpaired) electrons. The van der Waals surface area contributed by atoms with Crippen molar-refractivity contribution in [3.8, 4) is 11.5 Å². The fourth-order valence-electron chi connectivity index (χ4n) is 2.77. The first kappa shape index (κ1) is 16.1. The number of rotatable bonds is 8. The third kappa shape index (κ3) is 5.94. The number of hydrogen-bond acceptors (Lipinski definition) is 4. The fourth-order valence-corrected chi connectivity index (χ4v) is 2.77. The number of aliphatic hydroxyl groups is 1. The van der Waals surface area contributed by atoms with E-state index in [1.54, 1.807) is 7.11 Å². The first-order valence-electron chi connectivity index (χ1n) is 7.93. The maximum Gasteiger partial charge on any atom is 0.119 e. The fraction of sp³-hybridized carbons (Fsp3) is 0.647. The van der Waals surface area contributed by atoms with E-state index in [1.165, 1.54) is 32.1 Å². The summed E-state index contributed by atoms with van der Waals surface area (Å²) in [6.45, 7) is 1.91. The average Bonchev–Trinajstić information content (AvgIpc) is 2.54. The van der Waals surface area contributed by atoms with Gasteiger partial charge in [-0.2, -0.15) is 0 Å². The van der Waals surface area contributed by atoms with E-state index >= 15 is 0 Å². The van der Waals surface area contributed by atoms with Gasteiger partial charge < -0.3 is 19.9 Å². The monoisotopic (exact) mass is 293 g/mol. The topological polar surface area (TPSA) is 50.7 Å². The maximum absolute atomic E-state index is 9.93. The maximum atomic E-state index is 9.93. The lowest BCUT2D eigenvalue weighted by Crippen LogP contribution is -2.34. The average molecular weight is 293 g/mol. The molecule has 0 spiro atoms. The summed E-state index contributed by atoms with van der Waals surface area (Å²) in [5.41, 5.74) is 0. The molecule has 21 heavy (non-hydrogen) atoms. The minimum absolute atomic E-state index is 0.310. The van der Waals surface area contributed by atoms with Gasteiger partial charge in [-0.1, -0.05) is 19.3 Å². The van der Waals surface area contributed by atoms with Gasteiger partial charge in [0.2, 0.25) is 0 Å². The number of benzene rings is 1. The number of nitrogens with one attached hydrogen (secondary N) is 1. The summed E-state index contributed by atoms with van der Waals surface area (Å²) in [6, 6.07) is 7.40. The van der Waals surface area contributed by atoms with E-state index in [1.807, 2.05) is 24.3 Å². The van der Waals surface area contributed by atoms with Crippen LogP contribution in [-0.2, 0) is 0 Å². The van der Waals surface area contributed by atoms with Crippen LogP contribution in [0.1, 0.15) is 32.1 Å². The highest BCUT2D eigenvalue weighted by molar-refractivity contribution is 5.31. The van der Waals surface area contributed by atoms with Crippen LogP contribution in [0.15, 0.2) is 24.3 Å². The summed E-state index contributed by atoms with van der Waals surface area (Å²) in [6.07, 6.45) is 6.27. The van der Waals surface area contributed by atoms with Gasteiger partial charge in [-0.25, -0.2) is 0 Å². The molecule has 1 saturated carbocycles. The van der Waals surface area contributed by atoms with Crippen LogP contribution >= 0.6 is 0 Å². The van der Waals surface area contributed by atoms with Crippen LogP contribution in [0.3, 0.4) is 0 Å². The summed E-state index contributed by atoms with van der Waals surface area (Å²) < 4.78 is 10.7. The molecule has 4 heteroatoms. The van der Waals surface area contributed by atoms with E-state index in [9.17, 15) is 5.11 Å². The Bertz CT molecular complexity index is 388. The van der Waals surface area contributed by atoms with Gasteiger partial charge in [0, 0.05) is 6.54 Å². The Morgan fingerprint density at radius 1 is 1.14 bits per heavy atom. The predicted molar refractivity (Wildman–Crippen MR) is 83.9 cm³/mol. The zero-order chi connectivity index (χ0) is 14.9. The Morgan fingerprint density at radius 3 is 2.48 bits per heavy atom. The molecule has 4 nitrogen and oxygen atoms in total. The first-order valence-corrected chi connectivity index (χ1v) is 7.93. The van der Waals surface area contributed by atoms with Crippen LogP contribution in [0.4, 0.5) is 0 Å². The standard InChI is InChI=1S/C17H27NO3/c1-20-16-7-9-17(10-8-16)21-13-15(19)12-18-11-14-5-3-2-4-6-14/h7-10,14-15,18-19H,2-6,11-13H2,1H3. The molecule has 0 aliphatic heterocycles. The predicted octanol–water partition coefficient (Wildman–Crippen LogP) is 2.60. The highest BCUT2D eigenvalue weighted by Gasteiger charge is 2.13. The third-order valence-electron chi connectivity index (χ3n) is 4.04. The Balaban J connectivity index is 1.59. The largest absolute Gasteiger partial charge is 0.497 e. The van der Waals surface area contributed by atoms with E-state index < -0.39 is 6.10 Å². The molecule has 118 valence electrons. The van der Waals surface area contributed by atoms with Gasteiger partial charge in [-0.3, -0.25) is 0 Å². The molecule has 1 aliphatic rings. The summed E-state index contributed by atoms with van der Waals surface area (Å²) >= 11 is 0. The van der Waals surface area contributed by atoms with E-state index in [4.69, 9.17) is 9.47 Å². The van der Waals surface area contributed by atoms with Gasteiger partial charge in [0.15, 0.2) is 0 Å². The second-order valence-electron chi connectivity index (χ2n) is 5.80. The van der Waals surface area contributed by atoms with Crippen molar-refractivity contribution in [2.45, 2.75) is 38.2 Å². The molecule has 1 fully saturated rings. The van der Waals surface area contributed by atoms with Crippen molar-refractivity contribution in [3.05, 3.63) is 24.3 Å². The van der Waals surface area contributed by atoms with Crippen LogP contribution in [0.25, 0.3) is 0 Å². The molecule has 1 aliphatic carbocycles. The number of ether oxygens (including phenoxy) is 2. The molecule has 0 aromatic heterocycles. The van der Waals surface area contributed by atoms with Gasteiger partial charge in [0.25, 0.3) is 0 Å². The molecule has 0 saturated heterocycles. The van der Waals surface area contributed by atoms with Crippen molar-refractivity contribution in [1.82, 2.24) is 5.32 Å². The van der Waals surface area contributed by atoms with Crippen LogP contribution in [0.5, 0.6) is 11.5 Å². The third-order valence-corrected chi connectivity index (χ3v) is 4.04. The van der Waals surface area contributed by atoms with Crippen LogP contribution < -0.4 is 14.8 Å². The van der Waals surface area contributed by atoms with Crippen LogP contribution in [-0.4, -0.2) is 38.0 Å². The molecule has 0 heterocycles. The second kappa shape index (κ2) is 8.90. The van der Waals surface area contributed by atoms with Crippen molar-refractivity contribution in [3.63, 3.8) is 0 Å². The highest BCUT2D eigenvalue weighted by Crippen LogP contribution is 2.22. The Labute approximate surface area is 127 Å². The number of hydrogen-bond donors (Lipinski definition) is 2. The zero-order valence-corrected chi connectivity index (χ0v) is 12.9. The first-order chi connectivity index (χ1) is 10.3. The smallest absolute Gasteiger partial charge is 0.119 e. The molecule has 1 aromatic rings. The van der Waals surface area contributed by atoms with Gasteiger partial charge in [0.1, 0.15) is 24.2 Å². The number of methoxy groups -OCH3 is 1. The Hall–Kier alpha value is -1.26. The SMILES string of the molecule is COc1ccc(OCC(O)CNCC2CCCCC2)cc1. The summed E-state index contributed by atoms with van der Waals surface area (Å²) in [5, 5.41) is 13.3. The lowest BCUT2D eigenvalue weighted by atomic mass is 9.89. The van der Waals surface area contributed by atoms with Gasteiger partial charge in [-0.05, 0) is 49.6 Å². The molecular formula is C17H27NO3. The van der Waals surface area contributed by atoms with Crippen molar-refractivity contribution in [2.24, 2.45) is 5.92 Å². The van der Waals surface area contributed by atoms with Crippen LogP contribution in [0, 0.1) is 5.92 Å². The normalized spacial score (nSPS) is 17.4. The number of aliphatic hydroxyl groups excluding tert-OH is 1. The quantitative estimate of drug-likeness (QED) is 0.773. The highest BCUT2D eigenvalue weighted by atomic mass is 16.5. The minimum Gasteiger partial charge on any atom is -0.497 e. The van der Waals surface area contributed by atoms with E-state index in [2.05, 4.69) is 5.32 Å².